The predicted octanol–water partition coefficient (Wildman–Crippen LogP) is 1.40. The van der Waals surface area contributed by atoms with Gasteiger partial charge >= 0.3 is 0 Å². The molecule has 0 saturated heterocycles. The van der Waals surface area contributed by atoms with Gasteiger partial charge in [-0.1, -0.05) is 24.3 Å². The van der Waals surface area contributed by atoms with Crippen molar-refractivity contribution in [3.05, 3.63) is 60.2 Å². The molecule has 2 N–H and O–H groups in total. The van der Waals surface area contributed by atoms with E-state index in [0.29, 0.717) is 13.2 Å². The van der Waals surface area contributed by atoms with Gasteiger partial charge in [-0.05, 0) is 37.4 Å². The maximum absolute atomic E-state index is 12.0. The van der Waals surface area contributed by atoms with Crippen LogP contribution in [0.5, 0.6) is 5.75 Å². The van der Waals surface area contributed by atoms with Crippen molar-refractivity contribution in [2.45, 2.75) is 4.90 Å². The lowest BCUT2D eigenvalue weighted by molar-refractivity contribution is 0.0947. The van der Waals surface area contributed by atoms with Crippen molar-refractivity contribution in [2.24, 2.45) is 0 Å². The van der Waals surface area contributed by atoms with Crippen LogP contribution in [0.3, 0.4) is 0 Å². The summed E-state index contributed by atoms with van der Waals surface area (Å²) in [4.78, 5) is 12.1. The Kier molecular flexibility index (Phi) is 5.72. The smallest absolute Gasteiger partial charge is 0.251 e. The van der Waals surface area contributed by atoms with Gasteiger partial charge in [0.25, 0.3) is 5.91 Å². The van der Waals surface area contributed by atoms with Crippen molar-refractivity contribution >= 4 is 15.9 Å². The average molecular weight is 334 g/mol. The molecule has 1 amide bonds. The standard InChI is InChI=1S/C16H18N2O4S/c1-17-23(20,21)15-9-5-6-13(12-15)16(19)18-10-11-22-14-7-3-2-4-8-14/h2-9,12,17H,10-11H2,1H3,(H,18,19). The van der Waals surface area contributed by atoms with Gasteiger partial charge in [0.2, 0.25) is 10.0 Å². The second-order valence-corrected chi connectivity index (χ2v) is 6.54. The van der Waals surface area contributed by atoms with Crippen molar-refractivity contribution in [3.63, 3.8) is 0 Å². The Hall–Kier alpha value is -2.38. The third-order valence-electron chi connectivity index (χ3n) is 3.07. The first kappa shape index (κ1) is 17.0. The van der Waals surface area contributed by atoms with Crippen LogP contribution in [0, 0.1) is 0 Å². The maximum atomic E-state index is 12.0. The van der Waals surface area contributed by atoms with Crippen LogP contribution in [0.25, 0.3) is 0 Å². The minimum atomic E-state index is -3.57. The molecular formula is C16H18N2O4S. The van der Waals surface area contributed by atoms with Crippen LogP contribution in [0.2, 0.25) is 0 Å². The fraction of sp³-hybridized carbons (Fsp3) is 0.188. The summed E-state index contributed by atoms with van der Waals surface area (Å²) in [7, 11) is -2.25. The van der Waals surface area contributed by atoms with E-state index in [0.717, 1.165) is 5.75 Å². The lowest BCUT2D eigenvalue weighted by Crippen LogP contribution is -2.28. The van der Waals surface area contributed by atoms with E-state index in [4.69, 9.17) is 4.74 Å². The quantitative estimate of drug-likeness (QED) is 0.750. The molecule has 0 aliphatic heterocycles. The van der Waals surface area contributed by atoms with Crippen LogP contribution in [-0.4, -0.2) is 34.5 Å². The van der Waals surface area contributed by atoms with Gasteiger partial charge in [0.15, 0.2) is 0 Å². The number of nitrogens with one attached hydrogen (secondary N) is 2. The summed E-state index contributed by atoms with van der Waals surface area (Å²) in [6.45, 7) is 0.640. The third kappa shape index (κ3) is 4.80. The number of ether oxygens (including phenoxy) is 1. The van der Waals surface area contributed by atoms with E-state index in [1.807, 2.05) is 30.3 Å². The number of benzene rings is 2. The van der Waals surface area contributed by atoms with E-state index in [2.05, 4.69) is 10.0 Å². The lowest BCUT2D eigenvalue weighted by atomic mass is 10.2. The zero-order valence-corrected chi connectivity index (χ0v) is 13.5. The number of carbonyl (C=O) groups is 1. The summed E-state index contributed by atoms with van der Waals surface area (Å²) in [5.41, 5.74) is 0.279. The minimum Gasteiger partial charge on any atom is -0.492 e. The SMILES string of the molecule is CNS(=O)(=O)c1cccc(C(=O)NCCOc2ccccc2)c1. The van der Waals surface area contributed by atoms with Crippen molar-refractivity contribution in [3.8, 4) is 5.75 Å². The number of sulfonamides is 1. The molecule has 0 aliphatic rings. The second kappa shape index (κ2) is 7.75. The summed E-state index contributed by atoms with van der Waals surface area (Å²) in [6, 6.07) is 15.1. The normalized spacial score (nSPS) is 11.0. The van der Waals surface area contributed by atoms with Crippen molar-refractivity contribution in [1.82, 2.24) is 10.0 Å². The zero-order valence-electron chi connectivity index (χ0n) is 12.7. The number of rotatable bonds is 7. The molecule has 0 atom stereocenters. The molecule has 0 aromatic heterocycles. The van der Waals surface area contributed by atoms with Gasteiger partial charge in [0.05, 0.1) is 11.4 Å². The highest BCUT2D eigenvalue weighted by Gasteiger charge is 2.13. The molecule has 0 unspecified atom stereocenters. The van der Waals surface area contributed by atoms with Crippen LogP contribution in [0.4, 0.5) is 0 Å². The molecule has 0 heterocycles. The number of hydrogen-bond acceptors (Lipinski definition) is 4. The van der Waals surface area contributed by atoms with E-state index in [1.54, 1.807) is 6.07 Å². The molecule has 23 heavy (non-hydrogen) atoms. The third-order valence-corrected chi connectivity index (χ3v) is 4.49. The van der Waals surface area contributed by atoms with Crippen molar-refractivity contribution in [1.29, 1.82) is 0 Å². The van der Waals surface area contributed by atoms with Gasteiger partial charge in [0, 0.05) is 5.56 Å². The summed E-state index contributed by atoms with van der Waals surface area (Å²) in [5, 5.41) is 2.69. The van der Waals surface area contributed by atoms with Crippen LogP contribution in [0.15, 0.2) is 59.5 Å². The van der Waals surface area contributed by atoms with E-state index < -0.39 is 10.0 Å². The Labute approximate surface area is 135 Å². The number of hydrogen-bond donors (Lipinski definition) is 2. The molecule has 0 fully saturated rings. The monoisotopic (exact) mass is 334 g/mol. The first-order chi connectivity index (χ1) is 11.0. The molecule has 2 aromatic rings. The van der Waals surface area contributed by atoms with Crippen LogP contribution in [0.1, 0.15) is 10.4 Å². The fourth-order valence-corrected chi connectivity index (χ4v) is 2.65. The Bertz CT molecular complexity index is 761. The predicted molar refractivity (Wildman–Crippen MR) is 87.0 cm³/mol. The molecule has 0 spiro atoms. The van der Waals surface area contributed by atoms with E-state index in [9.17, 15) is 13.2 Å². The molecular weight excluding hydrogens is 316 g/mol. The van der Waals surface area contributed by atoms with E-state index >= 15 is 0 Å². The van der Waals surface area contributed by atoms with Gasteiger partial charge in [0.1, 0.15) is 12.4 Å². The largest absolute Gasteiger partial charge is 0.492 e. The average Bonchev–Trinajstić information content (AvgIpc) is 2.59. The topological polar surface area (TPSA) is 84.5 Å². The Morgan fingerprint density at radius 2 is 1.83 bits per heavy atom. The fourth-order valence-electron chi connectivity index (χ4n) is 1.87. The lowest BCUT2D eigenvalue weighted by Gasteiger charge is -2.08. The van der Waals surface area contributed by atoms with Crippen molar-refractivity contribution in [2.75, 3.05) is 20.2 Å². The minimum absolute atomic E-state index is 0.0492. The van der Waals surface area contributed by atoms with Gasteiger partial charge in [-0.25, -0.2) is 13.1 Å². The highest BCUT2D eigenvalue weighted by atomic mass is 32.2. The summed E-state index contributed by atoms with van der Waals surface area (Å²) in [5.74, 6) is 0.374. The second-order valence-electron chi connectivity index (χ2n) is 4.65. The van der Waals surface area contributed by atoms with Crippen LogP contribution in [-0.2, 0) is 10.0 Å². The van der Waals surface area contributed by atoms with Gasteiger partial charge in [-0.15, -0.1) is 0 Å². The molecule has 0 bridgehead atoms. The van der Waals surface area contributed by atoms with E-state index in [1.165, 1.54) is 25.2 Å². The highest BCUT2D eigenvalue weighted by Crippen LogP contribution is 2.11. The highest BCUT2D eigenvalue weighted by molar-refractivity contribution is 7.89. The van der Waals surface area contributed by atoms with Crippen molar-refractivity contribution < 1.29 is 17.9 Å². The Balaban J connectivity index is 1.90. The molecule has 2 aromatic carbocycles. The maximum Gasteiger partial charge on any atom is 0.251 e. The summed E-state index contributed by atoms with van der Waals surface area (Å²) < 4.78 is 31.1. The Morgan fingerprint density at radius 3 is 2.52 bits per heavy atom. The zero-order chi connectivity index (χ0) is 16.7. The molecule has 0 radical (unpaired) electrons. The molecule has 122 valence electrons. The molecule has 2 rings (SSSR count). The molecule has 0 saturated carbocycles. The molecule has 6 nitrogen and oxygen atoms in total. The number of carbonyl (C=O) groups excluding carboxylic acids is 1. The summed E-state index contributed by atoms with van der Waals surface area (Å²) >= 11 is 0. The van der Waals surface area contributed by atoms with E-state index in [-0.39, 0.29) is 16.4 Å². The van der Waals surface area contributed by atoms with Gasteiger partial charge in [-0.3, -0.25) is 4.79 Å². The summed E-state index contributed by atoms with van der Waals surface area (Å²) in [6.07, 6.45) is 0. The number of amides is 1. The number of para-hydroxylation sites is 1. The van der Waals surface area contributed by atoms with Crippen LogP contribution < -0.4 is 14.8 Å². The van der Waals surface area contributed by atoms with Gasteiger partial charge < -0.3 is 10.1 Å². The van der Waals surface area contributed by atoms with Crippen LogP contribution >= 0.6 is 0 Å². The molecule has 0 aliphatic carbocycles. The molecule has 7 heteroatoms. The first-order valence-corrected chi connectivity index (χ1v) is 8.51. The Morgan fingerprint density at radius 1 is 1.09 bits per heavy atom. The van der Waals surface area contributed by atoms with Gasteiger partial charge in [-0.2, -0.15) is 0 Å². The first-order valence-electron chi connectivity index (χ1n) is 7.02.